The molecule has 1 N–H and O–H groups in total. The Balaban J connectivity index is 1.80. The predicted octanol–water partition coefficient (Wildman–Crippen LogP) is 2.47. The van der Waals surface area contributed by atoms with Gasteiger partial charge in [-0.2, -0.15) is 0 Å². The van der Waals surface area contributed by atoms with Crippen LogP contribution in [0.1, 0.15) is 5.56 Å². The lowest BCUT2D eigenvalue weighted by atomic mass is 10.2. The number of hydrogen-bond acceptors (Lipinski definition) is 2. The number of nitrogens with zero attached hydrogens (tertiary/aromatic N) is 2. The lowest BCUT2D eigenvalue weighted by Gasteiger charge is -2.07. The summed E-state index contributed by atoms with van der Waals surface area (Å²) in [7, 11) is 0. The monoisotopic (exact) mass is 253 g/mol. The van der Waals surface area contributed by atoms with E-state index in [0.717, 1.165) is 18.7 Å². The summed E-state index contributed by atoms with van der Waals surface area (Å²) in [6, 6.07) is 4.38. The number of nitrogens with one attached hydrogen (secondary N) is 1. The third-order valence-corrected chi connectivity index (χ3v) is 2.80. The minimum Gasteiger partial charge on any atom is -0.336 e. The molecule has 2 aromatic rings. The zero-order valence-electron chi connectivity index (χ0n) is 9.24. The fraction of sp³-hybridized carbons (Fsp3) is 0.250. The van der Waals surface area contributed by atoms with E-state index in [1.807, 2.05) is 10.8 Å². The molecule has 0 atom stereocenters. The molecule has 0 aliphatic heterocycles. The van der Waals surface area contributed by atoms with Crippen molar-refractivity contribution in [1.29, 1.82) is 0 Å². The van der Waals surface area contributed by atoms with E-state index in [9.17, 15) is 4.39 Å². The number of imidazole rings is 1. The first-order valence-corrected chi connectivity index (χ1v) is 5.74. The molecule has 1 aromatic heterocycles. The zero-order valence-corrected chi connectivity index (χ0v) is 9.99. The predicted molar refractivity (Wildman–Crippen MR) is 65.3 cm³/mol. The molecule has 0 bridgehead atoms. The highest BCUT2D eigenvalue weighted by Crippen LogP contribution is 2.16. The van der Waals surface area contributed by atoms with Gasteiger partial charge in [-0.15, -0.1) is 0 Å². The summed E-state index contributed by atoms with van der Waals surface area (Å²) in [5.74, 6) is -0.263. The zero-order chi connectivity index (χ0) is 12.1. The SMILES string of the molecule is Fc1ccc(Cl)c(CNCCn2ccnc2)c1. The number of hydrogen-bond donors (Lipinski definition) is 1. The Bertz CT molecular complexity index is 471. The molecule has 0 radical (unpaired) electrons. The van der Waals surface area contributed by atoms with Crippen LogP contribution in [0.3, 0.4) is 0 Å². The maximum Gasteiger partial charge on any atom is 0.123 e. The van der Waals surface area contributed by atoms with E-state index < -0.39 is 0 Å². The normalized spacial score (nSPS) is 10.7. The van der Waals surface area contributed by atoms with Gasteiger partial charge in [0, 0.05) is 37.1 Å². The molecule has 90 valence electrons. The molecule has 2 rings (SSSR count). The molecule has 1 aromatic carbocycles. The van der Waals surface area contributed by atoms with E-state index in [2.05, 4.69) is 10.3 Å². The standard InChI is InChI=1S/C12H13ClFN3/c13-12-2-1-11(14)7-10(12)8-15-3-5-17-6-4-16-9-17/h1-2,4,6-7,9,15H,3,5,8H2. The van der Waals surface area contributed by atoms with Crippen LogP contribution in [0.2, 0.25) is 5.02 Å². The van der Waals surface area contributed by atoms with E-state index in [-0.39, 0.29) is 5.82 Å². The Kier molecular flexibility index (Phi) is 4.12. The molecule has 0 unspecified atom stereocenters. The molecule has 0 amide bonds. The van der Waals surface area contributed by atoms with E-state index in [1.54, 1.807) is 18.6 Å². The van der Waals surface area contributed by atoms with Crippen LogP contribution in [-0.2, 0) is 13.1 Å². The Morgan fingerprint density at radius 2 is 2.29 bits per heavy atom. The molecule has 0 saturated carbocycles. The summed E-state index contributed by atoms with van der Waals surface area (Å²) in [5.41, 5.74) is 0.775. The molecule has 0 fully saturated rings. The van der Waals surface area contributed by atoms with Crippen molar-refractivity contribution >= 4 is 11.6 Å². The largest absolute Gasteiger partial charge is 0.336 e. The Hall–Kier alpha value is -1.39. The number of benzene rings is 1. The van der Waals surface area contributed by atoms with Gasteiger partial charge in [0.25, 0.3) is 0 Å². The van der Waals surface area contributed by atoms with Gasteiger partial charge in [-0.05, 0) is 23.8 Å². The van der Waals surface area contributed by atoms with E-state index in [4.69, 9.17) is 11.6 Å². The maximum absolute atomic E-state index is 13.0. The third-order valence-electron chi connectivity index (χ3n) is 2.43. The second-order valence-electron chi connectivity index (χ2n) is 3.71. The van der Waals surface area contributed by atoms with Crippen molar-refractivity contribution in [2.75, 3.05) is 6.54 Å². The first kappa shape index (κ1) is 12.1. The van der Waals surface area contributed by atoms with Crippen LogP contribution in [0.25, 0.3) is 0 Å². The van der Waals surface area contributed by atoms with Gasteiger partial charge in [0.2, 0.25) is 0 Å². The second kappa shape index (κ2) is 5.80. The van der Waals surface area contributed by atoms with Crippen LogP contribution < -0.4 is 5.32 Å². The summed E-state index contributed by atoms with van der Waals surface area (Å²) in [6.45, 7) is 2.17. The summed E-state index contributed by atoms with van der Waals surface area (Å²) in [6.07, 6.45) is 5.40. The second-order valence-corrected chi connectivity index (χ2v) is 4.12. The Labute approximate surface area is 104 Å². The van der Waals surface area contributed by atoms with Crippen LogP contribution in [0.5, 0.6) is 0 Å². The summed E-state index contributed by atoms with van der Waals surface area (Å²) in [4.78, 5) is 3.95. The fourth-order valence-corrected chi connectivity index (χ4v) is 1.71. The van der Waals surface area contributed by atoms with Crippen molar-refractivity contribution in [3.63, 3.8) is 0 Å². The van der Waals surface area contributed by atoms with Gasteiger partial charge >= 0.3 is 0 Å². The third kappa shape index (κ3) is 3.54. The molecule has 0 spiro atoms. The van der Waals surface area contributed by atoms with Crippen LogP contribution in [0.4, 0.5) is 4.39 Å². The minimum absolute atomic E-state index is 0.263. The van der Waals surface area contributed by atoms with Crippen molar-refractivity contribution in [2.24, 2.45) is 0 Å². The van der Waals surface area contributed by atoms with Gasteiger partial charge in [0.1, 0.15) is 5.82 Å². The van der Waals surface area contributed by atoms with Crippen molar-refractivity contribution in [3.8, 4) is 0 Å². The van der Waals surface area contributed by atoms with Gasteiger partial charge in [0.15, 0.2) is 0 Å². The smallest absolute Gasteiger partial charge is 0.123 e. The summed E-state index contributed by atoms with van der Waals surface area (Å²) < 4.78 is 15.0. The van der Waals surface area contributed by atoms with Gasteiger partial charge in [0.05, 0.1) is 6.33 Å². The first-order chi connectivity index (χ1) is 8.25. The van der Waals surface area contributed by atoms with Gasteiger partial charge in [-0.3, -0.25) is 0 Å². The fourth-order valence-electron chi connectivity index (χ4n) is 1.53. The average Bonchev–Trinajstić information content (AvgIpc) is 2.82. The quantitative estimate of drug-likeness (QED) is 0.830. The summed E-state index contributed by atoms with van der Waals surface area (Å²) in [5, 5.41) is 3.79. The molecule has 5 heteroatoms. The molecule has 17 heavy (non-hydrogen) atoms. The molecule has 3 nitrogen and oxygen atoms in total. The molecular formula is C12H13ClFN3. The van der Waals surface area contributed by atoms with Crippen molar-refractivity contribution in [1.82, 2.24) is 14.9 Å². The molecule has 1 heterocycles. The molecular weight excluding hydrogens is 241 g/mol. The Morgan fingerprint density at radius 3 is 3.06 bits per heavy atom. The van der Waals surface area contributed by atoms with Crippen LogP contribution in [0, 0.1) is 5.82 Å². The molecule has 0 saturated heterocycles. The van der Waals surface area contributed by atoms with Crippen LogP contribution >= 0.6 is 11.6 Å². The topological polar surface area (TPSA) is 29.9 Å². The van der Waals surface area contributed by atoms with Crippen molar-refractivity contribution in [3.05, 3.63) is 53.3 Å². The van der Waals surface area contributed by atoms with Gasteiger partial charge < -0.3 is 9.88 Å². The first-order valence-electron chi connectivity index (χ1n) is 5.36. The number of halogens is 2. The molecule has 0 aliphatic rings. The lowest BCUT2D eigenvalue weighted by Crippen LogP contribution is -2.19. The van der Waals surface area contributed by atoms with E-state index in [1.165, 1.54) is 12.1 Å². The minimum atomic E-state index is -0.263. The van der Waals surface area contributed by atoms with Crippen molar-refractivity contribution < 1.29 is 4.39 Å². The van der Waals surface area contributed by atoms with Crippen LogP contribution in [-0.4, -0.2) is 16.1 Å². The van der Waals surface area contributed by atoms with Gasteiger partial charge in [-0.25, -0.2) is 9.37 Å². The Morgan fingerprint density at radius 1 is 1.41 bits per heavy atom. The summed E-state index contributed by atoms with van der Waals surface area (Å²) >= 11 is 5.95. The number of rotatable bonds is 5. The average molecular weight is 254 g/mol. The number of aromatic nitrogens is 2. The maximum atomic E-state index is 13.0. The highest BCUT2D eigenvalue weighted by atomic mass is 35.5. The highest BCUT2D eigenvalue weighted by Gasteiger charge is 2.01. The van der Waals surface area contributed by atoms with Gasteiger partial charge in [-0.1, -0.05) is 11.6 Å². The lowest BCUT2D eigenvalue weighted by molar-refractivity contribution is 0.591. The van der Waals surface area contributed by atoms with E-state index >= 15 is 0 Å². The van der Waals surface area contributed by atoms with Crippen molar-refractivity contribution in [2.45, 2.75) is 13.1 Å². The highest BCUT2D eigenvalue weighted by molar-refractivity contribution is 6.31. The molecule has 0 aliphatic carbocycles. The van der Waals surface area contributed by atoms with E-state index in [0.29, 0.717) is 11.6 Å². The van der Waals surface area contributed by atoms with Crippen LogP contribution in [0.15, 0.2) is 36.9 Å².